The summed E-state index contributed by atoms with van der Waals surface area (Å²) in [5, 5.41) is 1.97. The van der Waals surface area contributed by atoms with Crippen LogP contribution in [0.5, 0.6) is 0 Å². The van der Waals surface area contributed by atoms with Crippen molar-refractivity contribution in [3.8, 4) is 22.6 Å². The molecule has 5 aromatic rings. The Hall–Kier alpha value is -3.46. The molecule has 27 heavy (non-hydrogen) atoms. The highest BCUT2D eigenvalue weighted by Gasteiger charge is 2.15. The van der Waals surface area contributed by atoms with Crippen molar-refractivity contribution in [1.82, 2.24) is 9.97 Å². The first-order valence-electron chi connectivity index (χ1n) is 10.7. The average Bonchev–Trinajstić information content (AvgIpc) is 3.15. The monoisotopic (exact) mass is 354 g/mol. The van der Waals surface area contributed by atoms with Gasteiger partial charge in [0.1, 0.15) is 11.2 Å². The van der Waals surface area contributed by atoms with E-state index in [4.69, 9.17) is 9.90 Å². The predicted octanol–water partition coefficient (Wildman–Crippen LogP) is 6.33. The van der Waals surface area contributed by atoms with Crippen LogP contribution in [-0.4, -0.2) is 9.97 Å². The Balaban J connectivity index is 1.79. The Labute approximate surface area is 162 Å². The molecule has 0 aliphatic heterocycles. The molecular weight excluding hydrogens is 332 g/mol. The van der Waals surface area contributed by atoms with Crippen molar-refractivity contribution in [2.45, 2.75) is 13.8 Å². The first-order valence-corrected chi connectivity index (χ1v) is 8.70. The van der Waals surface area contributed by atoms with Crippen molar-refractivity contribution in [3.63, 3.8) is 0 Å². The van der Waals surface area contributed by atoms with Crippen LogP contribution in [0.2, 0.25) is 0 Å². The fourth-order valence-electron chi connectivity index (χ4n) is 3.31. The topological polar surface area (TPSA) is 38.9 Å². The molecule has 0 atom stereocenters. The van der Waals surface area contributed by atoms with E-state index in [2.05, 4.69) is 9.97 Å². The predicted molar refractivity (Wildman–Crippen MR) is 110 cm³/mol. The summed E-state index contributed by atoms with van der Waals surface area (Å²) < 4.78 is 39.0. The molecule has 2 heterocycles. The number of fused-ring (bicyclic) bond motifs is 3. The van der Waals surface area contributed by atoms with E-state index in [9.17, 15) is 0 Å². The van der Waals surface area contributed by atoms with Gasteiger partial charge in [-0.1, -0.05) is 54.0 Å². The maximum Gasteiger partial charge on any atom is 0.163 e. The first-order chi connectivity index (χ1) is 14.9. The van der Waals surface area contributed by atoms with E-state index >= 15 is 0 Å². The molecule has 0 unspecified atom stereocenters. The van der Waals surface area contributed by atoms with Gasteiger partial charge in [0, 0.05) is 22.0 Å². The lowest BCUT2D eigenvalue weighted by Gasteiger charge is -2.07. The maximum absolute atomic E-state index is 8.46. The minimum Gasteiger partial charge on any atom is -0.455 e. The van der Waals surface area contributed by atoms with Crippen LogP contribution in [0, 0.1) is 13.8 Å². The minimum atomic E-state index is -0.208. The van der Waals surface area contributed by atoms with Gasteiger partial charge in [-0.2, -0.15) is 0 Å². The number of benzene rings is 3. The van der Waals surface area contributed by atoms with Gasteiger partial charge in [0.05, 0.1) is 16.7 Å². The molecule has 0 saturated carbocycles. The average molecular weight is 354 g/mol. The summed E-state index contributed by atoms with van der Waals surface area (Å²) in [6.45, 7) is 3.45. The number of hydrogen-bond donors (Lipinski definition) is 0. The van der Waals surface area contributed by atoms with Crippen LogP contribution in [0.4, 0.5) is 0 Å². The first kappa shape index (κ1) is 12.0. The molecule has 0 spiro atoms. The summed E-state index contributed by atoms with van der Waals surface area (Å²) in [6, 6.07) is 14.9. The summed E-state index contributed by atoms with van der Waals surface area (Å²) in [4.78, 5) is 9.27. The molecular formula is C24H18N2O. The fourth-order valence-corrected chi connectivity index (χ4v) is 3.31. The van der Waals surface area contributed by atoms with E-state index in [0.717, 1.165) is 21.9 Å². The van der Waals surface area contributed by atoms with E-state index in [1.54, 1.807) is 13.0 Å². The van der Waals surface area contributed by atoms with Gasteiger partial charge >= 0.3 is 0 Å². The van der Waals surface area contributed by atoms with Gasteiger partial charge in [0.25, 0.3) is 0 Å². The molecule has 0 amide bonds. The summed E-state index contributed by atoms with van der Waals surface area (Å²) in [5.41, 5.74) is 3.83. The second-order valence-corrected chi connectivity index (χ2v) is 6.50. The lowest BCUT2D eigenvalue weighted by Crippen LogP contribution is -1.95. The molecule has 0 N–H and O–H groups in total. The Morgan fingerprint density at radius 2 is 1.78 bits per heavy atom. The van der Waals surface area contributed by atoms with Gasteiger partial charge in [0.15, 0.2) is 5.82 Å². The van der Waals surface area contributed by atoms with Crippen LogP contribution in [0.25, 0.3) is 44.6 Å². The van der Waals surface area contributed by atoms with Crippen LogP contribution in [0.1, 0.15) is 16.7 Å². The van der Waals surface area contributed by atoms with Gasteiger partial charge in [0.2, 0.25) is 0 Å². The third-order valence-electron chi connectivity index (χ3n) is 4.51. The summed E-state index contributed by atoms with van der Waals surface area (Å²) >= 11 is 0. The van der Waals surface area contributed by atoms with Crippen molar-refractivity contribution in [2.24, 2.45) is 0 Å². The quantitative estimate of drug-likeness (QED) is 0.372. The third-order valence-corrected chi connectivity index (χ3v) is 4.51. The molecule has 130 valence electrons. The molecule has 0 fully saturated rings. The number of furan rings is 1. The molecule has 3 aromatic carbocycles. The standard InChI is InChI=1S/C24H18N2O/c1-15-7-5-8-17(13-15)21-14-16(2)25-24(26-21)20-11-6-10-19-18-9-3-4-12-22(18)27-23(19)20/h3-14H,1-2H3/i5D,7D,8D,13D. The van der Waals surface area contributed by atoms with E-state index < -0.39 is 0 Å². The van der Waals surface area contributed by atoms with Crippen LogP contribution in [-0.2, 0) is 0 Å². The Morgan fingerprint density at radius 1 is 0.926 bits per heavy atom. The molecule has 0 radical (unpaired) electrons. The second-order valence-electron chi connectivity index (χ2n) is 6.50. The second kappa shape index (κ2) is 6.06. The molecule has 3 nitrogen and oxygen atoms in total. The number of aromatic nitrogens is 2. The van der Waals surface area contributed by atoms with Gasteiger partial charge in [-0.3, -0.25) is 0 Å². The van der Waals surface area contributed by atoms with E-state index in [1.807, 2.05) is 49.4 Å². The minimum absolute atomic E-state index is 0.0389. The highest BCUT2D eigenvalue weighted by molar-refractivity contribution is 6.09. The molecule has 0 bridgehead atoms. The summed E-state index contributed by atoms with van der Waals surface area (Å²) in [7, 11) is 0. The van der Waals surface area contributed by atoms with E-state index in [-0.39, 0.29) is 29.7 Å². The highest BCUT2D eigenvalue weighted by atomic mass is 16.3. The fraction of sp³-hybridized carbons (Fsp3) is 0.0833. The SMILES string of the molecule is [2H]c1c([2H])c(C)c([2H])c(-c2cc(C)nc(-c3cccc4c3oc3ccccc34)n2)c1[2H]. The number of rotatable bonds is 2. The molecule has 5 rings (SSSR count). The Kier molecular flexibility index (Phi) is 2.70. The van der Waals surface area contributed by atoms with E-state index in [0.29, 0.717) is 28.4 Å². The number of hydrogen-bond acceptors (Lipinski definition) is 3. The van der Waals surface area contributed by atoms with Crippen molar-refractivity contribution < 1.29 is 9.90 Å². The zero-order valence-electron chi connectivity index (χ0n) is 18.9. The molecule has 0 saturated heterocycles. The summed E-state index contributed by atoms with van der Waals surface area (Å²) in [6.07, 6.45) is 0. The molecule has 2 aromatic heterocycles. The van der Waals surface area contributed by atoms with Crippen LogP contribution in [0.3, 0.4) is 0 Å². The lowest BCUT2D eigenvalue weighted by atomic mass is 10.1. The van der Waals surface area contributed by atoms with Crippen molar-refractivity contribution in [3.05, 3.63) is 84.0 Å². The van der Waals surface area contributed by atoms with Gasteiger partial charge < -0.3 is 4.42 Å². The van der Waals surface area contributed by atoms with E-state index in [1.165, 1.54) is 0 Å². The Bertz CT molecular complexity index is 1480. The molecule has 0 aliphatic rings. The normalized spacial score (nSPS) is 13.4. The number of para-hydroxylation sites is 2. The van der Waals surface area contributed by atoms with Crippen LogP contribution in [0.15, 0.2) is 77.1 Å². The zero-order chi connectivity index (χ0) is 21.9. The lowest BCUT2D eigenvalue weighted by molar-refractivity contribution is 0.669. The van der Waals surface area contributed by atoms with Crippen LogP contribution < -0.4 is 0 Å². The van der Waals surface area contributed by atoms with Crippen LogP contribution >= 0.6 is 0 Å². The molecule has 0 aliphatic carbocycles. The highest BCUT2D eigenvalue weighted by Crippen LogP contribution is 2.35. The van der Waals surface area contributed by atoms with Crippen molar-refractivity contribution in [2.75, 3.05) is 0 Å². The number of aryl methyl sites for hydroxylation is 1. The third kappa shape index (κ3) is 2.68. The summed E-state index contributed by atoms with van der Waals surface area (Å²) in [5.74, 6) is 0.428. The van der Waals surface area contributed by atoms with Gasteiger partial charge in [-0.05, 0) is 38.1 Å². The Morgan fingerprint density at radius 3 is 2.70 bits per heavy atom. The van der Waals surface area contributed by atoms with Gasteiger partial charge in [-0.15, -0.1) is 0 Å². The van der Waals surface area contributed by atoms with Crippen molar-refractivity contribution >= 4 is 21.9 Å². The molecule has 3 heteroatoms. The van der Waals surface area contributed by atoms with Gasteiger partial charge in [-0.25, -0.2) is 9.97 Å². The maximum atomic E-state index is 8.46. The number of nitrogens with zero attached hydrogens (tertiary/aromatic N) is 2. The largest absolute Gasteiger partial charge is 0.455 e. The van der Waals surface area contributed by atoms with Crippen molar-refractivity contribution in [1.29, 1.82) is 0 Å². The zero-order valence-corrected chi connectivity index (χ0v) is 14.9. The smallest absolute Gasteiger partial charge is 0.163 e.